The summed E-state index contributed by atoms with van der Waals surface area (Å²) in [4.78, 5) is 22.7. The Morgan fingerprint density at radius 2 is 2.14 bits per heavy atom. The standard InChI is InChI=1S/C10H15NO2S/c1-4-5-9(14-3)6-10(13)11-7-8(2)12/h4-5H,1,6-7H2,2-3H3,(H,11,13)/b9-5-. The Balaban J connectivity index is 3.97. The van der Waals surface area contributed by atoms with Crippen molar-refractivity contribution in [2.75, 3.05) is 12.8 Å². The van der Waals surface area contributed by atoms with Crippen molar-refractivity contribution in [3.63, 3.8) is 0 Å². The molecule has 1 N–H and O–H groups in total. The van der Waals surface area contributed by atoms with Gasteiger partial charge in [-0.1, -0.05) is 18.7 Å². The first-order chi connectivity index (χ1) is 6.60. The average Bonchev–Trinajstić information content (AvgIpc) is 2.14. The maximum absolute atomic E-state index is 11.2. The van der Waals surface area contributed by atoms with Crippen molar-refractivity contribution in [2.24, 2.45) is 0 Å². The minimum atomic E-state index is -0.136. The van der Waals surface area contributed by atoms with E-state index in [1.54, 1.807) is 12.2 Å². The van der Waals surface area contributed by atoms with Crippen LogP contribution in [-0.4, -0.2) is 24.5 Å². The van der Waals surface area contributed by atoms with E-state index in [1.807, 2.05) is 6.26 Å². The predicted molar refractivity (Wildman–Crippen MR) is 60.1 cm³/mol. The smallest absolute Gasteiger partial charge is 0.225 e. The van der Waals surface area contributed by atoms with E-state index in [-0.39, 0.29) is 18.2 Å². The van der Waals surface area contributed by atoms with Crippen molar-refractivity contribution in [2.45, 2.75) is 13.3 Å². The molecule has 0 saturated carbocycles. The van der Waals surface area contributed by atoms with Crippen LogP contribution in [0.15, 0.2) is 23.6 Å². The highest BCUT2D eigenvalue weighted by atomic mass is 32.2. The molecular weight excluding hydrogens is 198 g/mol. The van der Waals surface area contributed by atoms with Gasteiger partial charge in [-0.15, -0.1) is 11.8 Å². The van der Waals surface area contributed by atoms with E-state index in [1.165, 1.54) is 18.7 Å². The molecular formula is C10H15NO2S. The third kappa shape index (κ3) is 6.48. The summed E-state index contributed by atoms with van der Waals surface area (Å²) in [6.45, 7) is 5.10. The first-order valence-corrected chi connectivity index (χ1v) is 5.44. The Kier molecular flexibility index (Phi) is 6.84. The molecule has 78 valence electrons. The van der Waals surface area contributed by atoms with Crippen LogP contribution in [0.2, 0.25) is 0 Å². The molecule has 4 heteroatoms. The van der Waals surface area contributed by atoms with Crippen molar-refractivity contribution >= 4 is 23.5 Å². The molecule has 0 fully saturated rings. The first-order valence-electron chi connectivity index (χ1n) is 4.22. The summed E-state index contributed by atoms with van der Waals surface area (Å²) >= 11 is 1.50. The molecule has 0 aliphatic rings. The van der Waals surface area contributed by atoms with Gasteiger partial charge in [0, 0.05) is 0 Å². The van der Waals surface area contributed by atoms with Crippen LogP contribution in [0.5, 0.6) is 0 Å². The van der Waals surface area contributed by atoms with E-state index in [4.69, 9.17) is 0 Å². The maximum Gasteiger partial charge on any atom is 0.225 e. The highest BCUT2D eigenvalue weighted by Gasteiger charge is 2.04. The molecule has 0 unspecified atom stereocenters. The van der Waals surface area contributed by atoms with Crippen LogP contribution in [0, 0.1) is 0 Å². The molecule has 14 heavy (non-hydrogen) atoms. The molecule has 0 aliphatic carbocycles. The summed E-state index contributed by atoms with van der Waals surface area (Å²) < 4.78 is 0. The van der Waals surface area contributed by atoms with Gasteiger partial charge in [-0.2, -0.15) is 0 Å². The number of amides is 1. The van der Waals surface area contributed by atoms with E-state index in [0.29, 0.717) is 6.42 Å². The van der Waals surface area contributed by atoms with Gasteiger partial charge in [0.25, 0.3) is 0 Å². The largest absolute Gasteiger partial charge is 0.349 e. The SMILES string of the molecule is C=C/C=C(/CC(=O)NCC(C)=O)SC. The molecule has 0 aromatic rings. The second kappa shape index (κ2) is 7.38. The molecule has 0 saturated heterocycles. The number of hydrogen-bond acceptors (Lipinski definition) is 3. The van der Waals surface area contributed by atoms with Crippen molar-refractivity contribution < 1.29 is 9.59 Å². The lowest BCUT2D eigenvalue weighted by molar-refractivity contribution is -0.123. The zero-order valence-corrected chi connectivity index (χ0v) is 9.32. The molecule has 0 bridgehead atoms. The third-order valence-corrected chi connectivity index (χ3v) is 2.24. The van der Waals surface area contributed by atoms with Gasteiger partial charge in [-0.3, -0.25) is 9.59 Å². The number of rotatable bonds is 6. The summed E-state index contributed by atoms with van der Waals surface area (Å²) in [5.74, 6) is -0.181. The number of thioether (sulfide) groups is 1. The predicted octanol–water partition coefficient (Wildman–Crippen LogP) is 1.51. The number of carbonyl (C=O) groups is 2. The van der Waals surface area contributed by atoms with Gasteiger partial charge in [0.2, 0.25) is 5.91 Å². The van der Waals surface area contributed by atoms with E-state index in [0.717, 1.165) is 4.91 Å². The Hall–Kier alpha value is -1.03. The molecule has 0 aliphatic heterocycles. The Labute approximate surface area is 88.6 Å². The van der Waals surface area contributed by atoms with Gasteiger partial charge in [0.05, 0.1) is 13.0 Å². The van der Waals surface area contributed by atoms with Gasteiger partial charge >= 0.3 is 0 Å². The quantitative estimate of drug-likeness (QED) is 0.680. The zero-order valence-electron chi connectivity index (χ0n) is 8.50. The number of Topliss-reactive ketones (excluding diaryl/α,β-unsaturated/α-hetero) is 1. The van der Waals surface area contributed by atoms with E-state index < -0.39 is 0 Å². The molecule has 1 amide bonds. The molecule has 0 spiro atoms. The Morgan fingerprint density at radius 1 is 1.50 bits per heavy atom. The monoisotopic (exact) mass is 213 g/mol. The molecule has 0 radical (unpaired) electrons. The number of hydrogen-bond donors (Lipinski definition) is 1. The summed E-state index contributed by atoms with van der Waals surface area (Å²) in [6.07, 6.45) is 5.64. The third-order valence-electron chi connectivity index (χ3n) is 1.44. The van der Waals surface area contributed by atoms with Crippen LogP contribution < -0.4 is 5.32 Å². The van der Waals surface area contributed by atoms with Crippen molar-refractivity contribution in [1.29, 1.82) is 0 Å². The van der Waals surface area contributed by atoms with Crippen molar-refractivity contribution in [3.05, 3.63) is 23.6 Å². The van der Waals surface area contributed by atoms with E-state index in [2.05, 4.69) is 11.9 Å². The maximum atomic E-state index is 11.2. The van der Waals surface area contributed by atoms with Crippen molar-refractivity contribution in [1.82, 2.24) is 5.32 Å². The van der Waals surface area contributed by atoms with Crippen LogP contribution in [0.3, 0.4) is 0 Å². The average molecular weight is 213 g/mol. The van der Waals surface area contributed by atoms with Crippen molar-refractivity contribution in [3.8, 4) is 0 Å². The molecule has 0 rings (SSSR count). The van der Waals surface area contributed by atoms with Gasteiger partial charge in [-0.25, -0.2) is 0 Å². The van der Waals surface area contributed by atoms with E-state index >= 15 is 0 Å². The van der Waals surface area contributed by atoms with Crippen LogP contribution in [0.25, 0.3) is 0 Å². The fourth-order valence-electron chi connectivity index (χ4n) is 0.774. The first kappa shape index (κ1) is 13.0. The Morgan fingerprint density at radius 3 is 2.57 bits per heavy atom. The minimum absolute atomic E-state index is 0.0447. The van der Waals surface area contributed by atoms with Gasteiger partial charge < -0.3 is 5.32 Å². The molecule has 0 aromatic heterocycles. The van der Waals surface area contributed by atoms with E-state index in [9.17, 15) is 9.59 Å². The summed E-state index contributed by atoms with van der Waals surface area (Å²) in [7, 11) is 0. The molecule has 0 heterocycles. The Bertz CT molecular complexity index is 259. The fourth-order valence-corrected chi connectivity index (χ4v) is 1.28. The topological polar surface area (TPSA) is 46.2 Å². The van der Waals surface area contributed by atoms with Crippen LogP contribution >= 0.6 is 11.8 Å². The number of carbonyl (C=O) groups excluding carboxylic acids is 2. The summed E-state index contributed by atoms with van der Waals surface area (Å²) in [5.41, 5.74) is 0. The zero-order chi connectivity index (χ0) is 11.0. The lowest BCUT2D eigenvalue weighted by Gasteiger charge is -2.03. The fraction of sp³-hybridized carbons (Fsp3) is 0.400. The van der Waals surface area contributed by atoms with Crippen LogP contribution in [0.1, 0.15) is 13.3 Å². The minimum Gasteiger partial charge on any atom is -0.349 e. The molecule has 0 atom stereocenters. The second-order valence-corrected chi connectivity index (χ2v) is 3.66. The van der Waals surface area contributed by atoms with Crippen LogP contribution in [0.4, 0.5) is 0 Å². The van der Waals surface area contributed by atoms with Gasteiger partial charge in [-0.05, 0) is 18.1 Å². The normalized spacial score (nSPS) is 10.9. The lowest BCUT2D eigenvalue weighted by atomic mass is 10.3. The number of ketones is 1. The molecule has 0 aromatic carbocycles. The highest BCUT2D eigenvalue weighted by molar-refractivity contribution is 8.02. The summed E-state index contributed by atoms with van der Waals surface area (Å²) in [6, 6.07) is 0. The summed E-state index contributed by atoms with van der Waals surface area (Å²) in [5, 5.41) is 2.53. The van der Waals surface area contributed by atoms with Gasteiger partial charge in [0.1, 0.15) is 5.78 Å². The molecule has 3 nitrogen and oxygen atoms in total. The van der Waals surface area contributed by atoms with Gasteiger partial charge in [0.15, 0.2) is 0 Å². The second-order valence-electron chi connectivity index (χ2n) is 2.73. The highest BCUT2D eigenvalue weighted by Crippen LogP contribution is 2.15. The lowest BCUT2D eigenvalue weighted by Crippen LogP contribution is -2.28. The number of nitrogens with one attached hydrogen (secondary N) is 1. The van der Waals surface area contributed by atoms with Crippen LogP contribution in [-0.2, 0) is 9.59 Å². The number of allylic oxidation sites excluding steroid dienone is 2.